The van der Waals surface area contributed by atoms with Crippen LogP contribution < -0.4 is 5.32 Å². The van der Waals surface area contributed by atoms with E-state index in [1.165, 1.54) is 0 Å². The van der Waals surface area contributed by atoms with Gasteiger partial charge in [0, 0.05) is 23.3 Å². The first kappa shape index (κ1) is 11.2. The Morgan fingerprint density at radius 3 is 2.43 bits per heavy atom. The summed E-state index contributed by atoms with van der Waals surface area (Å²) in [6.07, 6.45) is 0.915. The second-order valence-corrected chi connectivity index (χ2v) is 3.88. The van der Waals surface area contributed by atoms with Gasteiger partial charge in [0.1, 0.15) is 0 Å². The van der Waals surface area contributed by atoms with Gasteiger partial charge in [0.05, 0.1) is 0 Å². The fourth-order valence-corrected chi connectivity index (χ4v) is 1.57. The van der Waals surface area contributed by atoms with E-state index in [2.05, 4.69) is 22.2 Å². The molecule has 0 aliphatic rings. The Balaban J connectivity index is 2.66. The molecule has 0 saturated carbocycles. The first-order chi connectivity index (χ1) is 6.61. The normalized spacial score (nSPS) is 12.6. The highest BCUT2D eigenvalue weighted by molar-refractivity contribution is 6.17. The van der Waals surface area contributed by atoms with Crippen molar-refractivity contribution in [1.29, 1.82) is 0 Å². The lowest BCUT2D eigenvalue weighted by Gasteiger charge is -2.12. The van der Waals surface area contributed by atoms with E-state index < -0.39 is 0 Å². The van der Waals surface area contributed by atoms with Crippen LogP contribution in [0.5, 0.6) is 0 Å². The monoisotopic (exact) mass is 213 g/mol. The van der Waals surface area contributed by atoms with Crippen molar-refractivity contribution >= 4 is 17.5 Å². The lowest BCUT2D eigenvalue weighted by Crippen LogP contribution is -2.18. The van der Waals surface area contributed by atoms with Gasteiger partial charge in [-0.1, -0.05) is 0 Å². The summed E-state index contributed by atoms with van der Waals surface area (Å²) in [5, 5.41) is 3.22. The van der Waals surface area contributed by atoms with E-state index in [1.807, 2.05) is 19.9 Å². The molecular weight excluding hydrogens is 198 g/mol. The zero-order chi connectivity index (χ0) is 10.6. The van der Waals surface area contributed by atoms with E-state index >= 15 is 0 Å². The van der Waals surface area contributed by atoms with Crippen molar-refractivity contribution in [2.75, 3.05) is 11.2 Å². The minimum Gasteiger partial charge on any atom is -0.352 e. The van der Waals surface area contributed by atoms with Gasteiger partial charge in [-0.15, -0.1) is 11.6 Å². The maximum absolute atomic E-state index is 5.64. The van der Waals surface area contributed by atoms with Crippen molar-refractivity contribution in [2.45, 2.75) is 33.2 Å². The van der Waals surface area contributed by atoms with Crippen LogP contribution in [0.15, 0.2) is 6.07 Å². The minimum absolute atomic E-state index is 0.314. The molecule has 0 aromatic carbocycles. The average molecular weight is 214 g/mol. The Hall–Kier alpha value is -0.830. The molecule has 0 saturated heterocycles. The number of nitrogens with zero attached hydrogens (tertiary/aromatic N) is 2. The highest BCUT2D eigenvalue weighted by Gasteiger charge is 2.03. The lowest BCUT2D eigenvalue weighted by molar-refractivity contribution is 0.755. The van der Waals surface area contributed by atoms with Gasteiger partial charge in [-0.3, -0.25) is 0 Å². The van der Waals surface area contributed by atoms with Crippen molar-refractivity contribution in [3.63, 3.8) is 0 Å². The standard InChI is InChI=1S/C10H16ClN3/c1-7(4-5-11)12-10-13-8(2)6-9(3)14-10/h6-7H,4-5H2,1-3H3,(H,12,13,14). The number of aromatic nitrogens is 2. The third-order valence-electron chi connectivity index (χ3n) is 1.90. The highest BCUT2D eigenvalue weighted by Crippen LogP contribution is 2.06. The van der Waals surface area contributed by atoms with Crippen LogP contribution >= 0.6 is 11.6 Å². The fraction of sp³-hybridized carbons (Fsp3) is 0.600. The molecule has 78 valence electrons. The third-order valence-corrected chi connectivity index (χ3v) is 2.12. The Bertz CT molecular complexity index is 281. The Morgan fingerprint density at radius 2 is 1.93 bits per heavy atom. The maximum atomic E-state index is 5.64. The van der Waals surface area contributed by atoms with Crippen LogP contribution in [0, 0.1) is 13.8 Å². The van der Waals surface area contributed by atoms with Crippen LogP contribution in [0.4, 0.5) is 5.95 Å². The number of hydrogen-bond acceptors (Lipinski definition) is 3. The third kappa shape index (κ3) is 3.50. The summed E-state index contributed by atoms with van der Waals surface area (Å²) in [6.45, 7) is 6.00. The number of halogens is 1. The summed E-state index contributed by atoms with van der Waals surface area (Å²) in [6, 6.07) is 2.27. The summed E-state index contributed by atoms with van der Waals surface area (Å²) in [4.78, 5) is 8.58. The minimum atomic E-state index is 0.314. The lowest BCUT2D eigenvalue weighted by atomic mass is 10.3. The molecule has 1 heterocycles. The molecule has 4 heteroatoms. The predicted molar refractivity (Wildman–Crippen MR) is 59.9 cm³/mol. The second-order valence-electron chi connectivity index (χ2n) is 3.50. The molecule has 0 spiro atoms. The second kappa shape index (κ2) is 5.15. The van der Waals surface area contributed by atoms with Gasteiger partial charge in [0.25, 0.3) is 0 Å². The smallest absolute Gasteiger partial charge is 0.223 e. The Kier molecular flexibility index (Phi) is 4.14. The van der Waals surface area contributed by atoms with Crippen molar-refractivity contribution in [2.24, 2.45) is 0 Å². The van der Waals surface area contributed by atoms with Crippen LogP contribution in [-0.2, 0) is 0 Å². The number of hydrogen-bond donors (Lipinski definition) is 1. The molecule has 0 fully saturated rings. The van der Waals surface area contributed by atoms with Gasteiger partial charge in [-0.05, 0) is 33.3 Å². The zero-order valence-electron chi connectivity index (χ0n) is 8.84. The van der Waals surface area contributed by atoms with E-state index in [-0.39, 0.29) is 0 Å². The van der Waals surface area contributed by atoms with Gasteiger partial charge in [0.2, 0.25) is 5.95 Å². The Morgan fingerprint density at radius 1 is 1.36 bits per heavy atom. The molecule has 0 aliphatic carbocycles. The molecule has 1 atom stereocenters. The van der Waals surface area contributed by atoms with Crippen LogP contribution in [0.2, 0.25) is 0 Å². The van der Waals surface area contributed by atoms with E-state index in [0.29, 0.717) is 17.9 Å². The first-order valence-corrected chi connectivity index (χ1v) is 5.30. The van der Waals surface area contributed by atoms with Crippen LogP contribution in [-0.4, -0.2) is 21.9 Å². The number of rotatable bonds is 4. The molecule has 0 radical (unpaired) electrons. The van der Waals surface area contributed by atoms with E-state index in [0.717, 1.165) is 17.8 Å². The quantitative estimate of drug-likeness (QED) is 0.782. The van der Waals surface area contributed by atoms with Crippen molar-refractivity contribution in [3.05, 3.63) is 17.5 Å². The largest absolute Gasteiger partial charge is 0.352 e. The summed E-state index contributed by atoms with van der Waals surface area (Å²) >= 11 is 5.64. The van der Waals surface area contributed by atoms with Crippen molar-refractivity contribution in [3.8, 4) is 0 Å². The fourth-order valence-electron chi connectivity index (χ4n) is 1.25. The zero-order valence-corrected chi connectivity index (χ0v) is 9.60. The number of alkyl halides is 1. The van der Waals surface area contributed by atoms with Gasteiger partial charge in [-0.25, -0.2) is 9.97 Å². The molecular formula is C10H16ClN3. The molecule has 0 amide bonds. The SMILES string of the molecule is Cc1cc(C)nc(NC(C)CCCl)n1. The van der Waals surface area contributed by atoms with E-state index in [1.54, 1.807) is 0 Å². The van der Waals surface area contributed by atoms with Crippen LogP contribution in [0.3, 0.4) is 0 Å². The Labute approximate surface area is 89.9 Å². The van der Waals surface area contributed by atoms with Gasteiger partial charge < -0.3 is 5.32 Å². The van der Waals surface area contributed by atoms with E-state index in [4.69, 9.17) is 11.6 Å². The van der Waals surface area contributed by atoms with Crippen LogP contribution in [0.1, 0.15) is 24.7 Å². The highest BCUT2D eigenvalue weighted by atomic mass is 35.5. The summed E-state index contributed by atoms with van der Waals surface area (Å²) in [7, 11) is 0. The van der Waals surface area contributed by atoms with Gasteiger partial charge in [-0.2, -0.15) is 0 Å². The van der Waals surface area contributed by atoms with Crippen molar-refractivity contribution in [1.82, 2.24) is 9.97 Å². The molecule has 14 heavy (non-hydrogen) atoms. The average Bonchev–Trinajstić information content (AvgIpc) is 2.01. The van der Waals surface area contributed by atoms with Crippen LogP contribution in [0.25, 0.3) is 0 Å². The number of aryl methyl sites for hydroxylation is 2. The van der Waals surface area contributed by atoms with Gasteiger partial charge in [0.15, 0.2) is 0 Å². The topological polar surface area (TPSA) is 37.8 Å². The molecule has 1 unspecified atom stereocenters. The maximum Gasteiger partial charge on any atom is 0.223 e. The summed E-state index contributed by atoms with van der Waals surface area (Å²) in [5.41, 5.74) is 1.97. The molecule has 0 bridgehead atoms. The predicted octanol–water partition coefficient (Wildman–Crippen LogP) is 2.52. The summed E-state index contributed by atoms with van der Waals surface area (Å²) in [5.74, 6) is 1.35. The molecule has 1 aromatic rings. The molecule has 3 nitrogen and oxygen atoms in total. The molecule has 0 aliphatic heterocycles. The number of anilines is 1. The first-order valence-electron chi connectivity index (χ1n) is 4.76. The number of nitrogens with one attached hydrogen (secondary N) is 1. The van der Waals surface area contributed by atoms with E-state index in [9.17, 15) is 0 Å². The molecule has 1 N–H and O–H groups in total. The summed E-state index contributed by atoms with van der Waals surface area (Å²) < 4.78 is 0. The van der Waals surface area contributed by atoms with Gasteiger partial charge >= 0.3 is 0 Å². The van der Waals surface area contributed by atoms with Crippen molar-refractivity contribution < 1.29 is 0 Å². The molecule has 1 rings (SSSR count). The molecule has 1 aromatic heterocycles.